The molecule has 1 rings (SSSR count). The molecule has 6 nitrogen and oxygen atoms in total. The number of thiazole rings is 1. The van der Waals surface area contributed by atoms with E-state index in [9.17, 15) is 13.2 Å². The molecule has 1 aromatic heterocycles. The number of rotatable bonds is 7. The lowest BCUT2D eigenvalue weighted by Gasteiger charge is -2.10. The maximum atomic E-state index is 11.1. The SMILES string of the molecule is CC(CS(C)(=O)=O)Nc1nc(CCC(=O)O)cs1. The summed E-state index contributed by atoms with van der Waals surface area (Å²) in [6, 6.07) is -0.224. The van der Waals surface area contributed by atoms with Crippen molar-refractivity contribution in [2.24, 2.45) is 0 Å². The fourth-order valence-electron chi connectivity index (χ4n) is 1.43. The molecule has 0 aliphatic rings. The van der Waals surface area contributed by atoms with Gasteiger partial charge in [-0.15, -0.1) is 11.3 Å². The third-order valence-electron chi connectivity index (χ3n) is 2.07. The highest BCUT2D eigenvalue weighted by Crippen LogP contribution is 2.17. The number of carboxylic acids is 1. The highest BCUT2D eigenvalue weighted by molar-refractivity contribution is 7.90. The van der Waals surface area contributed by atoms with Gasteiger partial charge in [-0.1, -0.05) is 0 Å². The number of nitrogens with zero attached hydrogens (tertiary/aromatic N) is 1. The van der Waals surface area contributed by atoms with E-state index in [0.29, 0.717) is 17.2 Å². The van der Waals surface area contributed by atoms with E-state index in [-0.39, 0.29) is 18.2 Å². The Balaban J connectivity index is 2.51. The minimum Gasteiger partial charge on any atom is -0.481 e. The van der Waals surface area contributed by atoms with Gasteiger partial charge in [0.2, 0.25) is 0 Å². The third-order valence-corrected chi connectivity index (χ3v) is 4.00. The quantitative estimate of drug-likeness (QED) is 0.778. The number of aliphatic carboxylic acids is 1. The number of aromatic nitrogens is 1. The fourth-order valence-corrected chi connectivity index (χ4v) is 3.28. The molecule has 0 aliphatic carbocycles. The Kier molecular flexibility index (Phi) is 5.09. The first-order valence-electron chi connectivity index (χ1n) is 5.37. The number of anilines is 1. The number of aryl methyl sites for hydroxylation is 1. The van der Waals surface area contributed by atoms with E-state index < -0.39 is 15.8 Å². The molecule has 0 radical (unpaired) electrons. The van der Waals surface area contributed by atoms with E-state index in [0.717, 1.165) is 0 Å². The van der Waals surface area contributed by atoms with E-state index >= 15 is 0 Å². The van der Waals surface area contributed by atoms with Gasteiger partial charge in [-0.25, -0.2) is 13.4 Å². The molecule has 0 bridgehead atoms. The van der Waals surface area contributed by atoms with Gasteiger partial charge in [0.15, 0.2) is 5.13 Å². The van der Waals surface area contributed by atoms with Crippen molar-refractivity contribution in [3.8, 4) is 0 Å². The van der Waals surface area contributed by atoms with Gasteiger partial charge >= 0.3 is 5.97 Å². The fraction of sp³-hybridized carbons (Fsp3) is 0.600. The normalized spacial score (nSPS) is 13.2. The summed E-state index contributed by atoms with van der Waals surface area (Å²) in [6.07, 6.45) is 1.61. The van der Waals surface area contributed by atoms with Crippen molar-refractivity contribution in [1.82, 2.24) is 4.98 Å². The van der Waals surface area contributed by atoms with Crippen molar-refractivity contribution in [2.45, 2.75) is 25.8 Å². The summed E-state index contributed by atoms with van der Waals surface area (Å²) in [5.41, 5.74) is 0.705. The van der Waals surface area contributed by atoms with Crippen LogP contribution in [0.2, 0.25) is 0 Å². The second-order valence-corrected chi connectivity index (χ2v) is 7.22. The Morgan fingerprint density at radius 3 is 2.83 bits per heavy atom. The predicted octanol–water partition coefficient (Wildman–Crippen LogP) is 1.01. The second kappa shape index (κ2) is 6.14. The maximum absolute atomic E-state index is 11.1. The van der Waals surface area contributed by atoms with Crippen molar-refractivity contribution in [2.75, 3.05) is 17.3 Å². The number of nitrogens with one attached hydrogen (secondary N) is 1. The first kappa shape index (κ1) is 14.9. The van der Waals surface area contributed by atoms with Crippen LogP contribution >= 0.6 is 11.3 Å². The molecule has 0 spiro atoms. The van der Waals surface area contributed by atoms with Crippen molar-refractivity contribution in [3.05, 3.63) is 11.1 Å². The number of hydrogen-bond acceptors (Lipinski definition) is 6. The van der Waals surface area contributed by atoms with Gasteiger partial charge in [0.25, 0.3) is 0 Å². The topological polar surface area (TPSA) is 96.4 Å². The lowest BCUT2D eigenvalue weighted by atomic mass is 10.2. The Morgan fingerprint density at radius 1 is 1.61 bits per heavy atom. The second-order valence-electron chi connectivity index (χ2n) is 4.18. The van der Waals surface area contributed by atoms with E-state index in [2.05, 4.69) is 10.3 Å². The average molecular weight is 292 g/mol. The summed E-state index contributed by atoms with van der Waals surface area (Å²) < 4.78 is 22.2. The zero-order valence-electron chi connectivity index (χ0n) is 10.2. The summed E-state index contributed by atoms with van der Waals surface area (Å²) >= 11 is 1.35. The molecule has 18 heavy (non-hydrogen) atoms. The molecule has 1 aromatic rings. The highest BCUT2D eigenvalue weighted by Gasteiger charge is 2.12. The monoisotopic (exact) mass is 292 g/mol. The van der Waals surface area contributed by atoms with Crippen LogP contribution in [0.4, 0.5) is 5.13 Å². The molecule has 0 saturated heterocycles. The summed E-state index contributed by atoms with van der Waals surface area (Å²) in [4.78, 5) is 14.6. The van der Waals surface area contributed by atoms with Gasteiger partial charge in [-0.2, -0.15) is 0 Å². The van der Waals surface area contributed by atoms with Crippen molar-refractivity contribution >= 4 is 32.3 Å². The molecule has 8 heteroatoms. The molecule has 2 N–H and O–H groups in total. The van der Waals surface area contributed by atoms with Gasteiger partial charge in [0.05, 0.1) is 17.9 Å². The van der Waals surface area contributed by atoms with Gasteiger partial charge in [0.1, 0.15) is 9.84 Å². The molecule has 1 atom stereocenters. The molecule has 0 aliphatic heterocycles. The molecule has 0 aromatic carbocycles. The van der Waals surface area contributed by atoms with Crippen LogP contribution in [0, 0.1) is 0 Å². The largest absolute Gasteiger partial charge is 0.481 e. The van der Waals surface area contributed by atoms with Crippen LogP contribution < -0.4 is 5.32 Å². The summed E-state index contributed by atoms with van der Waals surface area (Å²) in [7, 11) is -3.02. The summed E-state index contributed by atoms with van der Waals surface area (Å²) in [5.74, 6) is -0.820. The van der Waals surface area contributed by atoms with E-state index in [4.69, 9.17) is 5.11 Å². The number of sulfone groups is 1. The lowest BCUT2D eigenvalue weighted by molar-refractivity contribution is -0.136. The highest BCUT2D eigenvalue weighted by atomic mass is 32.2. The molecule has 0 saturated carbocycles. The molecule has 102 valence electrons. The van der Waals surface area contributed by atoms with Gasteiger partial charge in [-0.05, 0) is 6.92 Å². The van der Waals surface area contributed by atoms with Crippen molar-refractivity contribution in [1.29, 1.82) is 0 Å². The minimum absolute atomic E-state index is 0.0387. The number of hydrogen-bond donors (Lipinski definition) is 2. The zero-order chi connectivity index (χ0) is 13.8. The van der Waals surface area contributed by atoms with Crippen LogP contribution in [0.5, 0.6) is 0 Å². The molecule has 0 amide bonds. The molecule has 0 fully saturated rings. The molecular weight excluding hydrogens is 276 g/mol. The summed E-state index contributed by atoms with van der Waals surface area (Å²) in [6.45, 7) is 1.76. The Bertz CT molecular complexity index is 510. The summed E-state index contributed by atoms with van der Waals surface area (Å²) in [5, 5.41) is 13.9. The number of carbonyl (C=O) groups is 1. The number of carboxylic acid groups (broad SMARTS) is 1. The molecule has 1 unspecified atom stereocenters. The van der Waals surface area contributed by atoms with Crippen LogP contribution in [-0.4, -0.2) is 42.5 Å². The average Bonchev–Trinajstić information content (AvgIpc) is 2.59. The smallest absolute Gasteiger partial charge is 0.303 e. The van der Waals surface area contributed by atoms with E-state index in [1.807, 2.05) is 0 Å². The van der Waals surface area contributed by atoms with Crippen LogP contribution in [0.15, 0.2) is 5.38 Å². The molecule has 1 heterocycles. The Hall–Kier alpha value is -1.15. The van der Waals surface area contributed by atoms with Crippen molar-refractivity contribution in [3.63, 3.8) is 0 Å². The van der Waals surface area contributed by atoms with Crippen LogP contribution in [-0.2, 0) is 21.1 Å². The van der Waals surface area contributed by atoms with Crippen LogP contribution in [0.1, 0.15) is 19.0 Å². The van der Waals surface area contributed by atoms with Gasteiger partial charge < -0.3 is 10.4 Å². The minimum atomic E-state index is -3.02. The first-order chi connectivity index (χ1) is 8.26. The zero-order valence-corrected chi connectivity index (χ0v) is 11.8. The molecular formula is C10H16N2O4S2. The maximum Gasteiger partial charge on any atom is 0.303 e. The first-order valence-corrected chi connectivity index (χ1v) is 8.31. The third kappa shape index (κ3) is 5.97. The Labute approximate surface area is 110 Å². The van der Waals surface area contributed by atoms with Gasteiger partial charge in [-0.3, -0.25) is 4.79 Å². The van der Waals surface area contributed by atoms with E-state index in [1.54, 1.807) is 12.3 Å². The lowest BCUT2D eigenvalue weighted by Crippen LogP contribution is -2.24. The predicted molar refractivity (Wildman–Crippen MR) is 70.9 cm³/mol. The van der Waals surface area contributed by atoms with Gasteiger partial charge in [0, 0.05) is 24.1 Å². The van der Waals surface area contributed by atoms with E-state index in [1.165, 1.54) is 17.6 Å². The van der Waals surface area contributed by atoms with Crippen LogP contribution in [0.25, 0.3) is 0 Å². The Morgan fingerprint density at radius 2 is 2.28 bits per heavy atom. The standard InChI is InChI=1S/C10H16N2O4S2/c1-7(6-18(2,15)16)11-10-12-8(5-17-10)3-4-9(13)14/h5,7H,3-4,6H2,1-2H3,(H,11,12)(H,13,14). The van der Waals surface area contributed by atoms with Crippen LogP contribution in [0.3, 0.4) is 0 Å². The van der Waals surface area contributed by atoms with Crippen molar-refractivity contribution < 1.29 is 18.3 Å².